The minimum absolute atomic E-state index is 0.0427. The van der Waals surface area contributed by atoms with Crippen LogP contribution in [-0.4, -0.2) is 17.2 Å². The summed E-state index contributed by atoms with van der Waals surface area (Å²) in [6.45, 7) is 1.96. The summed E-state index contributed by atoms with van der Waals surface area (Å²) in [7, 11) is 0. The second-order valence-electron chi connectivity index (χ2n) is 5.21. The van der Waals surface area contributed by atoms with Crippen LogP contribution in [-0.2, 0) is 6.42 Å². The number of aromatic hydroxyl groups is 1. The Morgan fingerprint density at radius 2 is 1.77 bits per heavy atom. The number of carbonyl (C=O) groups excluding carboxylic acids is 1. The summed E-state index contributed by atoms with van der Waals surface area (Å²) >= 11 is 5.80. The summed E-state index contributed by atoms with van der Waals surface area (Å²) in [4.78, 5) is 11.9. The van der Waals surface area contributed by atoms with Gasteiger partial charge < -0.3 is 15.7 Å². The van der Waals surface area contributed by atoms with Crippen molar-refractivity contribution in [3.8, 4) is 5.75 Å². The molecule has 4 nitrogen and oxygen atoms in total. The van der Waals surface area contributed by atoms with E-state index in [1.807, 2.05) is 19.1 Å². The number of aryl methyl sites for hydroxylation is 1. The molecule has 116 valence electrons. The van der Waals surface area contributed by atoms with Crippen LogP contribution in [0.3, 0.4) is 0 Å². The van der Waals surface area contributed by atoms with E-state index >= 15 is 0 Å². The molecule has 3 N–H and O–H groups in total. The van der Waals surface area contributed by atoms with E-state index in [9.17, 15) is 9.90 Å². The SMILES string of the molecule is CC(CCc1ccc(O)cc1)NC(=O)Nc1ccc(Cl)cc1. The molecule has 0 aliphatic heterocycles. The van der Waals surface area contributed by atoms with Crippen LogP contribution in [0.2, 0.25) is 5.02 Å². The number of carbonyl (C=O) groups is 1. The van der Waals surface area contributed by atoms with Gasteiger partial charge in [-0.15, -0.1) is 0 Å². The van der Waals surface area contributed by atoms with E-state index in [0.29, 0.717) is 10.7 Å². The van der Waals surface area contributed by atoms with Crippen LogP contribution >= 0.6 is 11.6 Å². The van der Waals surface area contributed by atoms with Crippen molar-refractivity contribution >= 4 is 23.3 Å². The molecule has 0 fully saturated rings. The molecule has 5 heteroatoms. The van der Waals surface area contributed by atoms with Gasteiger partial charge in [-0.2, -0.15) is 0 Å². The molecule has 1 unspecified atom stereocenters. The average molecular weight is 319 g/mol. The van der Waals surface area contributed by atoms with Crippen LogP contribution in [0.4, 0.5) is 10.5 Å². The zero-order valence-corrected chi connectivity index (χ0v) is 13.1. The molecule has 0 saturated heterocycles. The van der Waals surface area contributed by atoms with Gasteiger partial charge >= 0.3 is 6.03 Å². The number of amides is 2. The van der Waals surface area contributed by atoms with E-state index in [-0.39, 0.29) is 17.8 Å². The maximum atomic E-state index is 11.9. The first-order valence-electron chi connectivity index (χ1n) is 7.14. The molecule has 2 rings (SSSR count). The normalized spacial score (nSPS) is 11.7. The molecular weight excluding hydrogens is 300 g/mol. The van der Waals surface area contributed by atoms with Crippen molar-refractivity contribution in [1.82, 2.24) is 5.32 Å². The van der Waals surface area contributed by atoms with Gasteiger partial charge in [-0.1, -0.05) is 23.7 Å². The number of benzene rings is 2. The number of phenolic OH excluding ortho intramolecular Hbond substituents is 1. The summed E-state index contributed by atoms with van der Waals surface area (Å²) in [5, 5.41) is 15.5. The molecule has 0 heterocycles. The van der Waals surface area contributed by atoms with Gasteiger partial charge in [0.25, 0.3) is 0 Å². The van der Waals surface area contributed by atoms with Crippen molar-refractivity contribution < 1.29 is 9.90 Å². The van der Waals surface area contributed by atoms with Gasteiger partial charge in [0, 0.05) is 16.8 Å². The summed E-state index contributed by atoms with van der Waals surface area (Å²) in [6, 6.07) is 13.9. The van der Waals surface area contributed by atoms with Crippen molar-refractivity contribution in [2.75, 3.05) is 5.32 Å². The third-order valence-corrected chi connectivity index (χ3v) is 3.53. The molecule has 0 spiro atoms. The molecule has 0 aliphatic carbocycles. The molecule has 2 aromatic rings. The number of urea groups is 1. The van der Waals surface area contributed by atoms with Gasteiger partial charge in [-0.05, 0) is 61.7 Å². The first-order valence-corrected chi connectivity index (χ1v) is 7.52. The largest absolute Gasteiger partial charge is 0.508 e. The first-order chi connectivity index (χ1) is 10.5. The molecule has 0 bridgehead atoms. The molecule has 22 heavy (non-hydrogen) atoms. The first kappa shape index (κ1) is 16.2. The lowest BCUT2D eigenvalue weighted by molar-refractivity contribution is 0.248. The maximum absolute atomic E-state index is 11.9. The van der Waals surface area contributed by atoms with Crippen LogP contribution < -0.4 is 10.6 Å². The zero-order valence-electron chi connectivity index (χ0n) is 12.3. The van der Waals surface area contributed by atoms with Crippen LogP contribution in [0.15, 0.2) is 48.5 Å². The predicted octanol–water partition coefficient (Wildman–Crippen LogP) is 4.19. The Kier molecular flexibility index (Phi) is 5.67. The van der Waals surface area contributed by atoms with Crippen molar-refractivity contribution in [3.05, 3.63) is 59.1 Å². The number of rotatable bonds is 5. The summed E-state index contributed by atoms with van der Waals surface area (Å²) in [5.74, 6) is 0.261. The summed E-state index contributed by atoms with van der Waals surface area (Å²) in [5.41, 5.74) is 1.83. The van der Waals surface area contributed by atoms with E-state index in [0.717, 1.165) is 18.4 Å². The predicted molar refractivity (Wildman–Crippen MR) is 89.5 cm³/mol. The van der Waals surface area contributed by atoms with Gasteiger partial charge in [-0.25, -0.2) is 4.79 Å². The lowest BCUT2D eigenvalue weighted by Gasteiger charge is -2.14. The minimum atomic E-state index is -0.236. The Bertz CT molecular complexity index is 612. The van der Waals surface area contributed by atoms with E-state index in [1.54, 1.807) is 36.4 Å². The monoisotopic (exact) mass is 318 g/mol. The Morgan fingerprint density at radius 3 is 2.41 bits per heavy atom. The molecule has 0 saturated carbocycles. The minimum Gasteiger partial charge on any atom is -0.508 e. The van der Waals surface area contributed by atoms with Gasteiger partial charge in [0.05, 0.1) is 0 Å². The van der Waals surface area contributed by atoms with Gasteiger partial charge in [-0.3, -0.25) is 0 Å². The highest BCUT2D eigenvalue weighted by Crippen LogP contribution is 2.14. The summed E-state index contributed by atoms with van der Waals surface area (Å²) < 4.78 is 0. The summed E-state index contributed by atoms with van der Waals surface area (Å²) in [6.07, 6.45) is 1.65. The highest BCUT2D eigenvalue weighted by atomic mass is 35.5. The number of anilines is 1. The number of hydrogen-bond donors (Lipinski definition) is 3. The van der Waals surface area contributed by atoms with Crippen molar-refractivity contribution in [2.45, 2.75) is 25.8 Å². The molecule has 0 aromatic heterocycles. The fourth-order valence-corrected chi connectivity index (χ4v) is 2.17. The second kappa shape index (κ2) is 7.71. The fraction of sp³-hybridized carbons (Fsp3) is 0.235. The Morgan fingerprint density at radius 1 is 1.14 bits per heavy atom. The maximum Gasteiger partial charge on any atom is 0.319 e. The zero-order chi connectivity index (χ0) is 15.9. The Balaban J connectivity index is 1.76. The van der Waals surface area contributed by atoms with Crippen LogP contribution in [0.5, 0.6) is 5.75 Å². The Hall–Kier alpha value is -2.20. The molecule has 1 atom stereocenters. The quantitative estimate of drug-likeness (QED) is 0.774. The number of halogens is 1. The third kappa shape index (κ3) is 5.30. The number of nitrogens with one attached hydrogen (secondary N) is 2. The van der Waals surface area contributed by atoms with Gasteiger partial charge in [0.2, 0.25) is 0 Å². The van der Waals surface area contributed by atoms with E-state index in [4.69, 9.17) is 11.6 Å². The average Bonchev–Trinajstić information content (AvgIpc) is 2.49. The lowest BCUT2D eigenvalue weighted by atomic mass is 10.1. The smallest absolute Gasteiger partial charge is 0.319 e. The third-order valence-electron chi connectivity index (χ3n) is 3.28. The number of phenols is 1. The molecule has 0 radical (unpaired) electrons. The van der Waals surface area contributed by atoms with Crippen LogP contribution in [0, 0.1) is 0 Å². The van der Waals surface area contributed by atoms with Crippen molar-refractivity contribution in [3.63, 3.8) is 0 Å². The van der Waals surface area contributed by atoms with Gasteiger partial charge in [0.15, 0.2) is 0 Å². The molecule has 2 aromatic carbocycles. The van der Waals surface area contributed by atoms with Crippen molar-refractivity contribution in [1.29, 1.82) is 0 Å². The second-order valence-corrected chi connectivity index (χ2v) is 5.65. The highest BCUT2D eigenvalue weighted by molar-refractivity contribution is 6.30. The van der Waals surface area contributed by atoms with Crippen LogP contribution in [0.1, 0.15) is 18.9 Å². The van der Waals surface area contributed by atoms with Gasteiger partial charge in [0.1, 0.15) is 5.75 Å². The number of hydrogen-bond acceptors (Lipinski definition) is 2. The Labute approximate surface area is 135 Å². The fourth-order valence-electron chi connectivity index (χ4n) is 2.04. The molecule has 2 amide bonds. The topological polar surface area (TPSA) is 61.4 Å². The molecular formula is C17H19ClN2O2. The highest BCUT2D eigenvalue weighted by Gasteiger charge is 2.07. The standard InChI is InChI=1S/C17H19ClN2O2/c1-12(2-3-13-4-10-16(21)11-5-13)19-17(22)20-15-8-6-14(18)7-9-15/h4-12,21H,2-3H2,1H3,(H2,19,20,22). The van der Waals surface area contributed by atoms with Crippen LogP contribution in [0.25, 0.3) is 0 Å². The van der Waals surface area contributed by atoms with E-state index < -0.39 is 0 Å². The van der Waals surface area contributed by atoms with E-state index in [1.165, 1.54) is 0 Å². The molecule has 0 aliphatic rings. The van der Waals surface area contributed by atoms with E-state index in [2.05, 4.69) is 10.6 Å². The van der Waals surface area contributed by atoms with Crippen molar-refractivity contribution in [2.24, 2.45) is 0 Å². The lowest BCUT2D eigenvalue weighted by Crippen LogP contribution is -2.36.